The number of rotatable bonds is 5. The molecular weight excluding hydrogens is 160 g/mol. The Morgan fingerprint density at radius 1 is 1.55 bits per heavy atom. The van der Waals surface area contributed by atoms with Gasteiger partial charge in [-0.25, -0.2) is 0 Å². The summed E-state index contributed by atoms with van der Waals surface area (Å²) in [6, 6.07) is 0.534. The van der Waals surface area contributed by atoms with Crippen molar-refractivity contribution in [3.05, 3.63) is 11.6 Å². The van der Waals surface area contributed by atoms with Gasteiger partial charge in [-0.1, -0.05) is 17.7 Å². The van der Waals surface area contributed by atoms with E-state index in [-0.39, 0.29) is 0 Å². The first kappa shape index (κ1) is 11.0. The van der Waals surface area contributed by atoms with Crippen LogP contribution in [0.4, 0.5) is 0 Å². The first-order chi connectivity index (χ1) is 5.22. The molecule has 0 aromatic heterocycles. The maximum atomic E-state index is 5.44. The molecule has 0 aliphatic carbocycles. The smallest absolute Gasteiger partial charge is 0.0178 e. The minimum absolute atomic E-state index is 0.534. The topological polar surface area (TPSA) is 29.3 Å². The van der Waals surface area contributed by atoms with E-state index in [9.17, 15) is 0 Å². The minimum atomic E-state index is 0.534. The van der Waals surface area contributed by atoms with Crippen LogP contribution in [-0.4, -0.2) is 30.6 Å². The molecule has 0 aromatic carbocycles. The van der Waals surface area contributed by atoms with Gasteiger partial charge in [0.15, 0.2) is 0 Å². The van der Waals surface area contributed by atoms with Crippen LogP contribution >= 0.6 is 11.6 Å². The predicted octanol–water partition coefficient (Wildman–Crippen LogP) is 1.41. The molecule has 0 bridgehead atoms. The van der Waals surface area contributed by atoms with Crippen LogP contribution in [0.25, 0.3) is 0 Å². The Balaban J connectivity index is 3.69. The van der Waals surface area contributed by atoms with E-state index in [0.29, 0.717) is 12.6 Å². The molecule has 0 aliphatic rings. The summed E-state index contributed by atoms with van der Waals surface area (Å²) in [7, 11) is 0. The molecule has 0 saturated carbocycles. The molecule has 0 amide bonds. The third-order valence-corrected chi connectivity index (χ3v) is 1.75. The standard InChI is InChI=1S/C8H17ClN2/c1-8(2)11(7-5-10)6-3-4-9/h3-4,8H,5-7,10H2,1-2H3/b4-3+. The van der Waals surface area contributed by atoms with Gasteiger partial charge in [0.05, 0.1) is 0 Å². The second kappa shape index (κ2) is 6.65. The molecular formula is C8H17ClN2. The Bertz CT molecular complexity index is 113. The summed E-state index contributed by atoms with van der Waals surface area (Å²) in [5.74, 6) is 0. The van der Waals surface area contributed by atoms with Gasteiger partial charge in [-0.2, -0.15) is 0 Å². The van der Waals surface area contributed by atoms with Crippen LogP contribution in [0.5, 0.6) is 0 Å². The molecule has 66 valence electrons. The summed E-state index contributed by atoms with van der Waals surface area (Å²) in [5.41, 5.74) is 6.99. The highest BCUT2D eigenvalue weighted by Crippen LogP contribution is 1.96. The normalized spacial score (nSPS) is 12.2. The Morgan fingerprint density at radius 3 is 2.55 bits per heavy atom. The third-order valence-electron chi connectivity index (χ3n) is 1.58. The van der Waals surface area contributed by atoms with Crippen LogP contribution in [0, 0.1) is 0 Å². The van der Waals surface area contributed by atoms with Crippen molar-refractivity contribution in [1.82, 2.24) is 4.90 Å². The minimum Gasteiger partial charge on any atom is -0.329 e. The van der Waals surface area contributed by atoms with E-state index in [4.69, 9.17) is 17.3 Å². The number of hydrogen-bond donors (Lipinski definition) is 1. The van der Waals surface area contributed by atoms with Crippen LogP contribution < -0.4 is 5.73 Å². The van der Waals surface area contributed by atoms with E-state index in [1.165, 1.54) is 0 Å². The Morgan fingerprint density at radius 2 is 2.18 bits per heavy atom. The van der Waals surface area contributed by atoms with Gasteiger partial charge in [0.25, 0.3) is 0 Å². The van der Waals surface area contributed by atoms with Crippen molar-refractivity contribution in [1.29, 1.82) is 0 Å². The zero-order valence-corrected chi connectivity index (χ0v) is 8.01. The average Bonchev–Trinajstić information content (AvgIpc) is 1.97. The highest BCUT2D eigenvalue weighted by Gasteiger charge is 2.04. The van der Waals surface area contributed by atoms with Crippen LogP contribution in [0.15, 0.2) is 11.6 Å². The second-order valence-corrected chi connectivity index (χ2v) is 2.99. The molecule has 0 radical (unpaired) electrons. The first-order valence-corrected chi connectivity index (χ1v) is 4.35. The van der Waals surface area contributed by atoms with Gasteiger partial charge in [0.1, 0.15) is 0 Å². The lowest BCUT2D eigenvalue weighted by Gasteiger charge is -2.23. The fourth-order valence-electron chi connectivity index (χ4n) is 0.901. The second-order valence-electron chi connectivity index (χ2n) is 2.74. The monoisotopic (exact) mass is 176 g/mol. The summed E-state index contributed by atoms with van der Waals surface area (Å²) < 4.78 is 0. The van der Waals surface area contributed by atoms with Crippen LogP contribution in [-0.2, 0) is 0 Å². The fourth-order valence-corrected chi connectivity index (χ4v) is 0.981. The molecule has 0 rings (SSSR count). The van der Waals surface area contributed by atoms with Crippen LogP contribution in [0.2, 0.25) is 0 Å². The summed E-state index contributed by atoms with van der Waals surface area (Å²) in [6.45, 7) is 6.82. The third kappa shape index (κ3) is 5.24. The summed E-state index contributed by atoms with van der Waals surface area (Å²) >= 11 is 5.41. The maximum Gasteiger partial charge on any atom is 0.0178 e. The predicted molar refractivity (Wildman–Crippen MR) is 50.8 cm³/mol. The SMILES string of the molecule is CC(C)N(C/C=C/Cl)CCN. The molecule has 0 atom stereocenters. The van der Waals surface area contributed by atoms with E-state index in [0.717, 1.165) is 13.1 Å². The molecule has 3 heteroatoms. The van der Waals surface area contributed by atoms with Crippen molar-refractivity contribution in [2.45, 2.75) is 19.9 Å². The van der Waals surface area contributed by atoms with Crippen LogP contribution in [0.1, 0.15) is 13.8 Å². The highest BCUT2D eigenvalue weighted by molar-refractivity contribution is 6.25. The Labute approximate surface area is 74.0 Å². The van der Waals surface area contributed by atoms with Crippen LogP contribution in [0.3, 0.4) is 0 Å². The Hall–Kier alpha value is -0.0500. The van der Waals surface area contributed by atoms with Crippen molar-refractivity contribution in [3.63, 3.8) is 0 Å². The van der Waals surface area contributed by atoms with Gasteiger partial charge in [0, 0.05) is 31.2 Å². The summed E-state index contributed by atoms with van der Waals surface area (Å²) in [6.07, 6.45) is 1.93. The molecule has 0 fully saturated rings. The molecule has 0 aliphatic heterocycles. The molecule has 0 heterocycles. The molecule has 0 aromatic rings. The first-order valence-electron chi connectivity index (χ1n) is 3.91. The average molecular weight is 177 g/mol. The Kier molecular flexibility index (Phi) is 6.62. The molecule has 2 N–H and O–H groups in total. The largest absolute Gasteiger partial charge is 0.329 e. The quantitative estimate of drug-likeness (QED) is 0.687. The van der Waals surface area contributed by atoms with E-state index in [2.05, 4.69) is 18.7 Å². The van der Waals surface area contributed by atoms with Gasteiger partial charge >= 0.3 is 0 Å². The van der Waals surface area contributed by atoms with Crippen molar-refractivity contribution in [2.75, 3.05) is 19.6 Å². The number of hydrogen-bond acceptors (Lipinski definition) is 2. The lowest BCUT2D eigenvalue weighted by Crippen LogP contribution is -2.35. The molecule has 0 unspecified atom stereocenters. The van der Waals surface area contributed by atoms with Gasteiger partial charge in [-0.15, -0.1) is 0 Å². The van der Waals surface area contributed by atoms with Crippen molar-refractivity contribution < 1.29 is 0 Å². The maximum absolute atomic E-state index is 5.44. The van der Waals surface area contributed by atoms with Gasteiger partial charge < -0.3 is 5.73 Å². The molecule has 0 spiro atoms. The zero-order valence-electron chi connectivity index (χ0n) is 7.26. The van der Waals surface area contributed by atoms with Crippen molar-refractivity contribution >= 4 is 11.6 Å². The lowest BCUT2D eigenvalue weighted by atomic mass is 10.3. The highest BCUT2D eigenvalue weighted by atomic mass is 35.5. The number of halogens is 1. The zero-order chi connectivity index (χ0) is 8.69. The fraction of sp³-hybridized carbons (Fsp3) is 0.750. The lowest BCUT2D eigenvalue weighted by molar-refractivity contribution is 0.253. The van der Waals surface area contributed by atoms with E-state index >= 15 is 0 Å². The molecule has 11 heavy (non-hydrogen) atoms. The van der Waals surface area contributed by atoms with Gasteiger partial charge in [-0.05, 0) is 13.8 Å². The van der Waals surface area contributed by atoms with Gasteiger partial charge in [0.2, 0.25) is 0 Å². The van der Waals surface area contributed by atoms with E-state index < -0.39 is 0 Å². The number of nitrogens with zero attached hydrogens (tertiary/aromatic N) is 1. The summed E-state index contributed by atoms with van der Waals surface area (Å²) in [5, 5.41) is 0. The van der Waals surface area contributed by atoms with Gasteiger partial charge in [-0.3, -0.25) is 4.90 Å². The molecule has 0 saturated heterocycles. The molecule has 2 nitrogen and oxygen atoms in total. The summed E-state index contributed by atoms with van der Waals surface area (Å²) in [4.78, 5) is 2.26. The van der Waals surface area contributed by atoms with Crippen molar-refractivity contribution in [2.24, 2.45) is 5.73 Å². The van der Waals surface area contributed by atoms with E-state index in [1.54, 1.807) is 5.54 Å². The van der Waals surface area contributed by atoms with E-state index in [1.807, 2.05) is 6.08 Å². The van der Waals surface area contributed by atoms with Crippen molar-refractivity contribution in [3.8, 4) is 0 Å². The number of nitrogens with two attached hydrogens (primary N) is 1.